The maximum atomic E-state index is 13.1. The number of thiophene rings is 1. The molecule has 1 aliphatic carbocycles. The zero-order chi connectivity index (χ0) is 20.8. The Morgan fingerprint density at radius 3 is 2.55 bits per heavy atom. The van der Waals surface area contributed by atoms with Crippen molar-refractivity contribution in [3.63, 3.8) is 0 Å². The van der Waals surface area contributed by atoms with E-state index in [1.54, 1.807) is 23.3 Å². The lowest BCUT2D eigenvalue weighted by Crippen LogP contribution is -2.49. The first-order chi connectivity index (χ1) is 13.8. The number of aryl methyl sites for hydroxylation is 1. The van der Waals surface area contributed by atoms with Crippen molar-refractivity contribution in [3.8, 4) is 0 Å². The Morgan fingerprint density at radius 2 is 1.90 bits per heavy atom. The second-order valence-electron chi connectivity index (χ2n) is 8.20. The van der Waals surface area contributed by atoms with Gasteiger partial charge in [0, 0.05) is 28.9 Å². The second-order valence-corrected chi connectivity index (χ2v) is 9.23. The van der Waals surface area contributed by atoms with E-state index in [0.717, 1.165) is 37.2 Å². The highest BCUT2D eigenvalue weighted by Gasteiger charge is 2.55. The smallest absolute Gasteiger partial charge is 0.327 e. The first kappa shape index (κ1) is 19.9. The average Bonchev–Trinajstić information content (AvgIpc) is 3.37. The molecule has 0 N–H and O–H groups in total. The highest BCUT2D eigenvalue weighted by molar-refractivity contribution is 7.09. The van der Waals surface area contributed by atoms with Crippen LogP contribution in [-0.2, 0) is 11.3 Å². The summed E-state index contributed by atoms with van der Waals surface area (Å²) in [6.07, 6.45) is 4.35. The van der Waals surface area contributed by atoms with Crippen LogP contribution in [0.2, 0.25) is 0 Å². The minimum absolute atomic E-state index is 0.182. The summed E-state index contributed by atoms with van der Waals surface area (Å²) in [5.74, 6) is -0.385. The van der Waals surface area contributed by atoms with Crippen molar-refractivity contribution in [1.29, 1.82) is 0 Å². The molecule has 3 heterocycles. The molecule has 29 heavy (non-hydrogen) atoms. The van der Waals surface area contributed by atoms with Crippen molar-refractivity contribution in [2.75, 3.05) is 13.6 Å². The summed E-state index contributed by atoms with van der Waals surface area (Å²) < 4.78 is 2.11. The third-order valence-electron chi connectivity index (χ3n) is 6.55. The molecule has 4 rings (SSSR count). The topological polar surface area (TPSA) is 62.6 Å². The zero-order valence-electron chi connectivity index (χ0n) is 17.2. The summed E-state index contributed by atoms with van der Waals surface area (Å²) in [6, 6.07) is 5.61. The van der Waals surface area contributed by atoms with Gasteiger partial charge in [0.15, 0.2) is 5.78 Å². The van der Waals surface area contributed by atoms with Crippen LogP contribution >= 0.6 is 11.3 Å². The van der Waals surface area contributed by atoms with Crippen molar-refractivity contribution < 1.29 is 14.4 Å². The fourth-order valence-electron chi connectivity index (χ4n) is 4.78. The molecule has 0 atom stereocenters. The first-order valence-electron chi connectivity index (χ1n) is 10.2. The first-order valence-corrected chi connectivity index (χ1v) is 11.1. The number of amides is 3. The van der Waals surface area contributed by atoms with Crippen LogP contribution in [0, 0.1) is 13.8 Å². The van der Waals surface area contributed by atoms with Crippen molar-refractivity contribution in [1.82, 2.24) is 14.4 Å². The van der Waals surface area contributed by atoms with Crippen LogP contribution in [0.4, 0.5) is 4.79 Å². The molecule has 2 fully saturated rings. The van der Waals surface area contributed by atoms with Gasteiger partial charge in [-0.2, -0.15) is 0 Å². The highest BCUT2D eigenvalue weighted by atomic mass is 32.1. The summed E-state index contributed by atoms with van der Waals surface area (Å²) in [4.78, 5) is 43.0. The van der Waals surface area contributed by atoms with Gasteiger partial charge in [-0.1, -0.05) is 25.3 Å². The van der Waals surface area contributed by atoms with Crippen LogP contribution in [0.5, 0.6) is 0 Å². The van der Waals surface area contributed by atoms with Crippen molar-refractivity contribution >= 4 is 29.1 Å². The van der Waals surface area contributed by atoms with Gasteiger partial charge in [0.25, 0.3) is 5.91 Å². The van der Waals surface area contributed by atoms with Crippen molar-refractivity contribution in [3.05, 3.63) is 45.4 Å². The van der Waals surface area contributed by atoms with E-state index in [-0.39, 0.29) is 24.3 Å². The standard InChI is InChI=1S/C22H27N3O3S/c1-15-12-18(16(2)24(15)13-17-8-7-11-29-17)19(26)14-25-20(27)22(23(3)21(25)28)9-5-4-6-10-22/h7-8,11-12H,4-6,9-10,13-14H2,1-3H3. The molecule has 0 unspecified atom stereocenters. The number of hydrogen-bond donors (Lipinski definition) is 0. The number of nitrogens with zero attached hydrogens (tertiary/aromatic N) is 3. The summed E-state index contributed by atoms with van der Waals surface area (Å²) >= 11 is 1.68. The van der Waals surface area contributed by atoms with E-state index in [1.807, 2.05) is 31.4 Å². The molecule has 3 amide bonds. The Hall–Kier alpha value is -2.41. The van der Waals surface area contributed by atoms with Gasteiger partial charge in [0.05, 0.1) is 13.1 Å². The maximum Gasteiger partial charge on any atom is 0.327 e. The summed E-state index contributed by atoms with van der Waals surface area (Å²) in [5, 5.41) is 2.04. The molecular formula is C22H27N3O3S. The minimum Gasteiger partial charge on any atom is -0.343 e. The van der Waals surface area contributed by atoms with E-state index >= 15 is 0 Å². The number of aromatic nitrogens is 1. The number of imide groups is 1. The van der Waals surface area contributed by atoms with Gasteiger partial charge in [0.2, 0.25) is 0 Å². The van der Waals surface area contributed by atoms with Crippen LogP contribution < -0.4 is 0 Å². The van der Waals surface area contributed by atoms with Gasteiger partial charge in [-0.25, -0.2) is 4.79 Å². The number of carbonyl (C=O) groups excluding carboxylic acids is 3. The molecule has 7 heteroatoms. The molecule has 6 nitrogen and oxygen atoms in total. The van der Waals surface area contributed by atoms with E-state index in [4.69, 9.17) is 0 Å². The largest absolute Gasteiger partial charge is 0.343 e. The number of likely N-dealkylation sites (N-methyl/N-ethyl adjacent to an activating group) is 1. The maximum absolute atomic E-state index is 13.1. The third-order valence-corrected chi connectivity index (χ3v) is 7.41. The van der Waals surface area contributed by atoms with E-state index in [0.29, 0.717) is 18.4 Å². The fraction of sp³-hybridized carbons (Fsp3) is 0.500. The number of ketones is 1. The normalized spacial score (nSPS) is 18.9. The third kappa shape index (κ3) is 3.21. The summed E-state index contributed by atoms with van der Waals surface area (Å²) in [6.45, 7) is 4.44. The van der Waals surface area contributed by atoms with Crippen molar-refractivity contribution in [2.24, 2.45) is 0 Å². The Kier molecular flexibility index (Phi) is 5.11. The molecule has 154 valence electrons. The van der Waals surface area contributed by atoms with Crippen LogP contribution in [0.25, 0.3) is 0 Å². The highest BCUT2D eigenvalue weighted by Crippen LogP contribution is 2.39. The predicted molar refractivity (Wildman–Crippen MR) is 112 cm³/mol. The Balaban J connectivity index is 1.55. The van der Waals surface area contributed by atoms with Gasteiger partial charge in [-0.3, -0.25) is 14.5 Å². The summed E-state index contributed by atoms with van der Waals surface area (Å²) in [7, 11) is 1.70. The molecule has 2 aromatic heterocycles. The Bertz CT molecular complexity index is 954. The van der Waals surface area contributed by atoms with Gasteiger partial charge < -0.3 is 9.47 Å². The van der Waals surface area contributed by atoms with Crippen molar-refractivity contribution in [2.45, 2.75) is 58.0 Å². The zero-order valence-corrected chi connectivity index (χ0v) is 18.1. The van der Waals surface area contributed by atoms with Crippen LogP contribution in [0.15, 0.2) is 23.6 Å². The van der Waals surface area contributed by atoms with Gasteiger partial charge in [0.1, 0.15) is 5.54 Å². The van der Waals surface area contributed by atoms with Crippen LogP contribution in [-0.4, -0.2) is 51.2 Å². The summed E-state index contributed by atoms with van der Waals surface area (Å²) in [5.41, 5.74) is 1.72. The lowest BCUT2D eigenvalue weighted by Gasteiger charge is -2.35. The molecule has 1 saturated heterocycles. The number of Topliss-reactive ketones (excluding diaryl/α,β-unsaturated/α-hetero) is 1. The molecule has 1 spiro atoms. The number of carbonyl (C=O) groups is 3. The molecule has 2 aliphatic rings. The van der Waals surface area contributed by atoms with E-state index in [1.165, 1.54) is 9.78 Å². The fourth-order valence-corrected chi connectivity index (χ4v) is 5.48. The van der Waals surface area contributed by atoms with Gasteiger partial charge >= 0.3 is 6.03 Å². The van der Waals surface area contributed by atoms with Gasteiger partial charge in [-0.15, -0.1) is 11.3 Å². The molecule has 0 radical (unpaired) electrons. The van der Waals surface area contributed by atoms with Crippen LogP contribution in [0.1, 0.15) is 58.7 Å². The monoisotopic (exact) mass is 413 g/mol. The van der Waals surface area contributed by atoms with Gasteiger partial charge in [-0.05, 0) is 44.2 Å². The molecule has 1 aliphatic heterocycles. The predicted octanol–water partition coefficient (Wildman–Crippen LogP) is 3.99. The quantitative estimate of drug-likeness (QED) is 0.550. The van der Waals surface area contributed by atoms with Crippen LogP contribution in [0.3, 0.4) is 0 Å². The SMILES string of the molecule is Cc1cc(C(=O)CN2C(=O)N(C)C3(CCCCC3)C2=O)c(C)n1Cc1cccs1. The Labute approximate surface area is 175 Å². The molecule has 1 saturated carbocycles. The second kappa shape index (κ2) is 7.44. The van der Waals surface area contributed by atoms with E-state index < -0.39 is 5.54 Å². The van der Waals surface area contributed by atoms with E-state index in [2.05, 4.69) is 10.6 Å². The molecule has 0 aromatic carbocycles. The molecule has 0 bridgehead atoms. The Morgan fingerprint density at radius 1 is 1.17 bits per heavy atom. The number of rotatable bonds is 5. The lowest BCUT2D eigenvalue weighted by atomic mass is 9.80. The lowest BCUT2D eigenvalue weighted by molar-refractivity contribution is -0.134. The molecule has 2 aromatic rings. The van der Waals surface area contributed by atoms with E-state index in [9.17, 15) is 14.4 Å². The average molecular weight is 414 g/mol. The number of hydrogen-bond acceptors (Lipinski definition) is 4. The minimum atomic E-state index is -0.744. The molecular weight excluding hydrogens is 386 g/mol. The number of urea groups is 1.